The Morgan fingerprint density at radius 1 is 0.921 bits per heavy atom. The molecule has 12 heteroatoms. The number of alkyl halides is 3. The molecule has 3 aromatic carbocycles. The Balaban J connectivity index is 1.85. The number of carbonyl (C=O) groups excluding carboxylic acids is 2. The number of hydrogen-bond donors (Lipinski definition) is 0. The van der Waals surface area contributed by atoms with E-state index in [0.29, 0.717) is 11.3 Å². The van der Waals surface area contributed by atoms with Crippen LogP contribution in [0.2, 0.25) is 0 Å². The van der Waals surface area contributed by atoms with E-state index in [1.165, 1.54) is 43.5 Å². The number of halogens is 3. The van der Waals surface area contributed by atoms with Crippen molar-refractivity contribution in [2.24, 2.45) is 0 Å². The summed E-state index contributed by atoms with van der Waals surface area (Å²) < 4.78 is 79.5. The lowest BCUT2D eigenvalue weighted by atomic mass is 10.0. The fourth-order valence-electron chi connectivity index (χ4n) is 4.27. The number of anilines is 1. The summed E-state index contributed by atoms with van der Waals surface area (Å²) in [5, 5.41) is 0. The maximum absolute atomic E-state index is 13.7. The van der Waals surface area contributed by atoms with Gasteiger partial charge in [0.1, 0.15) is 11.8 Å². The lowest BCUT2D eigenvalue weighted by molar-refractivity contribution is -0.145. The van der Waals surface area contributed by atoms with Crippen molar-refractivity contribution in [2.45, 2.75) is 23.7 Å². The lowest BCUT2D eigenvalue weighted by Crippen LogP contribution is -2.50. The van der Waals surface area contributed by atoms with Crippen molar-refractivity contribution in [1.29, 1.82) is 0 Å². The highest BCUT2D eigenvalue weighted by Crippen LogP contribution is 2.36. The van der Waals surface area contributed by atoms with Crippen LogP contribution in [0.15, 0.2) is 77.7 Å². The van der Waals surface area contributed by atoms with Crippen LogP contribution in [0, 0.1) is 0 Å². The molecule has 200 valence electrons. The van der Waals surface area contributed by atoms with Crippen LogP contribution < -0.4 is 9.64 Å². The van der Waals surface area contributed by atoms with Crippen molar-refractivity contribution in [3.8, 4) is 5.75 Å². The maximum atomic E-state index is 13.7. The average Bonchev–Trinajstić information content (AvgIpc) is 3.09. The van der Waals surface area contributed by atoms with E-state index in [1.54, 1.807) is 18.2 Å². The van der Waals surface area contributed by atoms with Gasteiger partial charge in [-0.2, -0.15) is 17.5 Å². The fourth-order valence-corrected chi connectivity index (χ4v) is 5.81. The molecule has 1 unspecified atom stereocenters. The molecule has 0 saturated heterocycles. The summed E-state index contributed by atoms with van der Waals surface area (Å²) in [7, 11) is -1.86. The number of ether oxygens (including phenoxy) is 2. The second kappa shape index (κ2) is 10.5. The largest absolute Gasteiger partial charge is 0.497 e. The minimum atomic E-state index is -4.82. The van der Waals surface area contributed by atoms with Gasteiger partial charge in [0.15, 0.2) is 0 Å². The van der Waals surface area contributed by atoms with E-state index in [9.17, 15) is 31.2 Å². The van der Waals surface area contributed by atoms with Crippen LogP contribution in [0.3, 0.4) is 0 Å². The van der Waals surface area contributed by atoms with Gasteiger partial charge < -0.3 is 14.4 Å². The Labute approximate surface area is 217 Å². The molecule has 3 aromatic rings. The Hall–Kier alpha value is -3.90. The minimum Gasteiger partial charge on any atom is -0.497 e. The molecule has 1 aliphatic heterocycles. The van der Waals surface area contributed by atoms with E-state index in [-0.39, 0.29) is 17.1 Å². The van der Waals surface area contributed by atoms with Crippen LogP contribution in [0.4, 0.5) is 18.9 Å². The Bertz CT molecular complexity index is 1460. The number of nitrogens with zero attached hydrogens (tertiary/aromatic N) is 2. The van der Waals surface area contributed by atoms with Crippen LogP contribution in [-0.2, 0) is 32.3 Å². The number of methoxy groups -OCH3 is 2. The summed E-state index contributed by atoms with van der Waals surface area (Å²) in [5.74, 6) is -1.60. The molecule has 1 atom stereocenters. The number of esters is 1. The maximum Gasteiger partial charge on any atom is 0.417 e. The zero-order valence-electron chi connectivity index (χ0n) is 20.3. The second-order valence-corrected chi connectivity index (χ2v) is 10.2. The van der Waals surface area contributed by atoms with Crippen molar-refractivity contribution < 1.29 is 40.7 Å². The van der Waals surface area contributed by atoms with E-state index >= 15 is 0 Å². The molecule has 4 rings (SSSR count). The molecule has 38 heavy (non-hydrogen) atoms. The summed E-state index contributed by atoms with van der Waals surface area (Å²) in [5.41, 5.74) is -1.29. The summed E-state index contributed by atoms with van der Waals surface area (Å²) in [6.45, 7) is -0.918. The smallest absolute Gasteiger partial charge is 0.417 e. The number of amides is 1. The van der Waals surface area contributed by atoms with Gasteiger partial charge in [-0.05, 0) is 48.0 Å². The van der Waals surface area contributed by atoms with Gasteiger partial charge >= 0.3 is 12.1 Å². The van der Waals surface area contributed by atoms with Gasteiger partial charge in [-0.3, -0.25) is 9.59 Å². The first kappa shape index (κ1) is 27.1. The summed E-state index contributed by atoms with van der Waals surface area (Å²) >= 11 is 0. The van der Waals surface area contributed by atoms with E-state index in [4.69, 9.17) is 9.47 Å². The van der Waals surface area contributed by atoms with Gasteiger partial charge in [-0.25, -0.2) is 8.42 Å². The molecule has 0 aliphatic carbocycles. The molecule has 0 fully saturated rings. The molecular weight excluding hydrogens is 525 g/mol. The number of carbonyl (C=O) groups is 2. The van der Waals surface area contributed by atoms with Crippen LogP contribution in [0.5, 0.6) is 5.75 Å². The zero-order valence-corrected chi connectivity index (χ0v) is 21.1. The van der Waals surface area contributed by atoms with Gasteiger partial charge in [-0.1, -0.05) is 30.3 Å². The first-order chi connectivity index (χ1) is 18.0. The predicted octanol–water partition coefficient (Wildman–Crippen LogP) is 4.11. The summed E-state index contributed by atoms with van der Waals surface area (Å²) in [6.07, 6.45) is -4.82. The van der Waals surface area contributed by atoms with Gasteiger partial charge in [0, 0.05) is 12.2 Å². The van der Waals surface area contributed by atoms with Gasteiger partial charge in [0.25, 0.3) is 5.91 Å². The molecule has 0 spiro atoms. The van der Waals surface area contributed by atoms with Crippen molar-refractivity contribution in [1.82, 2.24) is 4.31 Å². The molecule has 8 nitrogen and oxygen atoms in total. The highest BCUT2D eigenvalue weighted by Gasteiger charge is 2.43. The lowest BCUT2D eigenvalue weighted by Gasteiger charge is -2.29. The molecule has 1 amide bonds. The normalized spacial score (nSPS) is 16.3. The van der Waals surface area contributed by atoms with E-state index in [1.807, 2.05) is 0 Å². The van der Waals surface area contributed by atoms with Crippen molar-refractivity contribution in [2.75, 3.05) is 25.7 Å². The third kappa shape index (κ3) is 5.09. The molecule has 0 N–H and O–H groups in total. The highest BCUT2D eigenvalue weighted by atomic mass is 32.2. The second-order valence-electron chi connectivity index (χ2n) is 8.35. The number of para-hydroxylation sites is 1. The first-order valence-corrected chi connectivity index (χ1v) is 12.7. The third-order valence-corrected chi connectivity index (χ3v) is 8.03. The average molecular weight is 549 g/mol. The molecule has 1 heterocycles. The number of rotatable bonds is 5. The standard InChI is InChI=1S/C26H23F3N2O6S/c1-36-18-11-13-19(14-12-18)38(34,35)31-15-17-7-3-6-10-22(17)30(16-23(31)25(33)37-2)24(32)20-8-4-5-9-21(20)26(27,28)29/h3-14,23H,15-16H2,1-2H3. The van der Waals surface area contributed by atoms with E-state index in [0.717, 1.165) is 34.5 Å². The fraction of sp³-hybridized carbons (Fsp3) is 0.231. The first-order valence-electron chi connectivity index (χ1n) is 11.3. The van der Waals surface area contributed by atoms with Crippen molar-refractivity contribution in [3.63, 3.8) is 0 Å². The van der Waals surface area contributed by atoms with Crippen LogP contribution >= 0.6 is 0 Å². The van der Waals surface area contributed by atoms with Crippen LogP contribution in [0.25, 0.3) is 0 Å². The SMILES string of the molecule is COC(=O)C1CN(C(=O)c2ccccc2C(F)(F)F)c2ccccc2CN1S(=O)(=O)c1ccc(OC)cc1. The molecule has 0 saturated carbocycles. The molecule has 0 bridgehead atoms. The van der Waals surface area contributed by atoms with Crippen molar-refractivity contribution >= 4 is 27.6 Å². The Morgan fingerprint density at radius 2 is 1.55 bits per heavy atom. The van der Waals surface area contributed by atoms with Gasteiger partial charge in [0.05, 0.1) is 36.8 Å². The topological polar surface area (TPSA) is 93.2 Å². The van der Waals surface area contributed by atoms with Gasteiger partial charge in [-0.15, -0.1) is 0 Å². The van der Waals surface area contributed by atoms with Crippen molar-refractivity contribution in [3.05, 3.63) is 89.5 Å². The molecule has 1 aliphatic rings. The number of fused-ring (bicyclic) bond motifs is 1. The van der Waals surface area contributed by atoms with E-state index < -0.39 is 51.8 Å². The molecule has 0 radical (unpaired) electrons. The highest BCUT2D eigenvalue weighted by molar-refractivity contribution is 7.89. The predicted molar refractivity (Wildman–Crippen MR) is 131 cm³/mol. The number of benzene rings is 3. The summed E-state index contributed by atoms with van der Waals surface area (Å²) in [4.78, 5) is 27.4. The molecular formula is C26H23F3N2O6S. The quantitative estimate of drug-likeness (QED) is 0.446. The zero-order chi connectivity index (χ0) is 27.7. The number of hydrogen-bond acceptors (Lipinski definition) is 6. The van der Waals surface area contributed by atoms with Crippen LogP contribution in [0.1, 0.15) is 21.5 Å². The van der Waals surface area contributed by atoms with Crippen LogP contribution in [-0.4, -0.2) is 51.4 Å². The monoisotopic (exact) mass is 548 g/mol. The van der Waals surface area contributed by atoms with Gasteiger partial charge in [0.2, 0.25) is 10.0 Å². The molecule has 0 aromatic heterocycles. The number of sulfonamides is 1. The van der Waals surface area contributed by atoms with E-state index in [2.05, 4.69) is 0 Å². The third-order valence-electron chi connectivity index (χ3n) is 6.16. The Kier molecular flexibility index (Phi) is 7.47. The summed E-state index contributed by atoms with van der Waals surface area (Å²) in [6, 6.07) is 14.4. The minimum absolute atomic E-state index is 0.146. The Morgan fingerprint density at radius 3 is 2.18 bits per heavy atom.